The van der Waals surface area contributed by atoms with Gasteiger partial charge in [0.2, 0.25) is 0 Å². The Balaban J connectivity index is 2.45. The minimum absolute atomic E-state index is 0.172. The molecule has 7 heteroatoms. The van der Waals surface area contributed by atoms with E-state index in [-0.39, 0.29) is 11.7 Å². The maximum Gasteiger partial charge on any atom is 0.417 e. The van der Waals surface area contributed by atoms with E-state index < -0.39 is 11.7 Å². The van der Waals surface area contributed by atoms with Crippen LogP contribution in [0.2, 0.25) is 5.15 Å². The predicted octanol–water partition coefficient (Wildman–Crippen LogP) is 4.37. The van der Waals surface area contributed by atoms with Crippen molar-refractivity contribution in [2.45, 2.75) is 32.9 Å². The Labute approximate surface area is 119 Å². The molecule has 2 aromatic rings. The number of pyridine rings is 1. The first kappa shape index (κ1) is 14.8. The first-order valence-electron chi connectivity index (χ1n) is 6.00. The average molecular weight is 304 g/mol. The first-order valence-corrected chi connectivity index (χ1v) is 6.38. The van der Waals surface area contributed by atoms with Gasteiger partial charge in [0.05, 0.1) is 11.3 Å². The lowest BCUT2D eigenvalue weighted by Gasteiger charge is -2.08. The van der Waals surface area contributed by atoms with Crippen molar-refractivity contribution in [1.82, 2.24) is 14.8 Å². The molecule has 0 aliphatic rings. The summed E-state index contributed by atoms with van der Waals surface area (Å²) >= 11 is 6.23. The van der Waals surface area contributed by atoms with Crippen LogP contribution >= 0.6 is 11.6 Å². The van der Waals surface area contributed by atoms with Crippen LogP contribution in [0.3, 0.4) is 0 Å². The SMILES string of the molecule is Cc1nn(-c2ccc(C(F)(F)F)cn2)c(Cl)c1C(C)C. The first-order chi connectivity index (χ1) is 9.21. The van der Waals surface area contributed by atoms with E-state index in [9.17, 15) is 13.2 Å². The summed E-state index contributed by atoms with van der Waals surface area (Å²) in [7, 11) is 0. The maximum absolute atomic E-state index is 12.5. The molecule has 0 fully saturated rings. The van der Waals surface area contributed by atoms with Crippen LogP contribution in [0.5, 0.6) is 0 Å². The lowest BCUT2D eigenvalue weighted by atomic mass is 10.1. The second-order valence-electron chi connectivity index (χ2n) is 4.76. The van der Waals surface area contributed by atoms with Crippen molar-refractivity contribution in [2.75, 3.05) is 0 Å². The summed E-state index contributed by atoms with van der Waals surface area (Å²) < 4.78 is 38.8. The Hall–Kier alpha value is -1.56. The third-order valence-corrected chi connectivity index (χ3v) is 3.28. The van der Waals surface area contributed by atoms with Crippen molar-refractivity contribution in [3.8, 4) is 5.82 Å². The van der Waals surface area contributed by atoms with Gasteiger partial charge in [0, 0.05) is 11.8 Å². The minimum Gasteiger partial charge on any atom is -0.236 e. The molecule has 0 atom stereocenters. The van der Waals surface area contributed by atoms with Gasteiger partial charge in [-0.15, -0.1) is 0 Å². The smallest absolute Gasteiger partial charge is 0.236 e. The lowest BCUT2D eigenvalue weighted by molar-refractivity contribution is -0.137. The van der Waals surface area contributed by atoms with Gasteiger partial charge in [-0.05, 0) is 25.0 Å². The highest BCUT2D eigenvalue weighted by Crippen LogP contribution is 2.31. The summed E-state index contributed by atoms with van der Waals surface area (Å²) in [6.07, 6.45) is -3.63. The average Bonchev–Trinajstić information content (AvgIpc) is 2.64. The molecule has 0 aliphatic carbocycles. The summed E-state index contributed by atoms with van der Waals surface area (Å²) in [5.41, 5.74) is 0.811. The number of nitrogens with zero attached hydrogens (tertiary/aromatic N) is 3. The Bertz CT molecular complexity index is 615. The summed E-state index contributed by atoms with van der Waals surface area (Å²) in [5.74, 6) is 0.434. The molecule has 0 N–H and O–H groups in total. The standard InChI is InChI=1S/C13H13ClF3N3/c1-7(2)11-8(3)19-20(12(11)14)10-5-4-9(6-18-10)13(15,16)17/h4-7H,1-3H3. The van der Waals surface area contributed by atoms with E-state index in [2.05, 4.69) is 10.1 Å². The molecule has 3 nitrogen and oxygen atoms in total. The van der Waals surface area contributed by atoms with Crippen LogP contribution in [0, 0.1) is 6.92 Å². The zero-order chi connectivity index (χ0) is 15.1. The highest BCUT2D eigenvalue weighted by molar-refractivity contribution is 6.30. The van der Waals surface area contributed by atoms with E-state index in [0.717, 1.165) is 23.5 Å². The second-order valence-corrected chi connectivity index (χ2v) is 5.12. The lowest BCUT2D eigenvalue weighted by Crippen LogP contribution is -2.07. The second kappa shape index (κ2) is 5.09. The molecule has 0 aliphatic heterocycles. The van der Waals surface area contributed by atoms with Crippen molar-refractivity contribution < 1.29 is 13.2 Å². The van der Waals surface area contributed by atoms with Gasteiger partial charge in [0.1, 0.15) is 5.15 Å². The van der Waals surface area contributed by atoms with Crippen LogP contribution in [0.25, 0.3) is 5.82 Å². The number of alkyl halides is 3. The minimum atomic E-state index is -4.40. The van der Waals surface area contributed by atoms with Crippen LogP contribution in [-0.4, -0.2) is 14.8 Å². The molecular weight excluding hydrogens is 291 g/mol. The van der Waals surface area contributed by atoms with Crippen LogP contribution in [0.1, 0.15) is 36.6 Å². The van der Waals surface area contributed by atoms with Gasteiger partial charge >= 0.3 is 6.18 Å². The molecule has 0 unspecified atom stereocenters. The summed E-state index contributed by atoms with van der Waals surface area (Å²) in [6, 6.07) is 2.22. The van der Waals surface area contributed by atoms with E-state index in [1.54, 1.807) is 0 Å². The summed E-state index contributed by atoms with van der Waals surface area (Å²) in [4.78, 5) is 3.79. The van der Waals surface area contributed by atoms with Gasteiger partial charge in [-0.25, -0.2) is 9.67 Å². The normalized spacial score (nSPS) is 12.2. The van der Waals surface area contributed by atoms with E-state index >= 15 is 0 Å². The molecular formula is C13H13ClF3N3. The quantitative estimate of drug-likeness (QED) is 0.824. The van der Waals surface area contributed by atoms with Gasteiger partial charge < -0.3 is 0 Å². The molecule has 2 heterocycles. The van der Waals surface area contributed by atoms with Crippen molar-refractivity contribution >= 4 is 11.6 Å². The molecule has 2 rings (SSSR count). The number of aryl methyl sites for hydroxylation is 1. The van der Waals surface area contributed by atoms with Crippen molar-refractivity contribution in [3.05, 3.63) is 40.3 Å². The van der Waals surface area contributed by atoms with Crippen molar-refractivity contribution in [2.24, 2.45) is 0 Å². The predicted molar refractivity (Wildman–Crippen MR) is 70.2 cm³/mol. The fraction of sp³-hybridized carbons (Fsp3) is 0.385. The Kier molecular flexibility index (Phi) is 3.77. The molecule has 0 bridgehead atoms. The van der Waals surface area contributed by atoms with Crippen LogP contribution < -0.4 is 0 Å². The van der Waals surface area contributed by atoms with Gasteiger partial charge in [-0.2, -0.15) is 18.3 Å². The van der Waals surface area contributed by atoms with E-state index in [1.165, 1.54) is 10.7 Å². The molecule has 0 amide bonds. The van der Waals surface area contributed by atoms with Crippen molar-refractivity contribution in [1.29, 1.82) is 0 Å². The molecule has 0 saturated carbocycles. The monoisotopic (exact) mass is 303 g/mol. The molecule has 20 heavy (non-hydrogen) atoms. The van der Waals surface area contributed by atoms with Crippen molar-refractivity contribution in [3.63, 3.8) is 0 Å². The molecule has 0 spiro atoms. The fourth-order valence-electron chi connectivity index (χ4n) is 2.00. The molecule has 0 aromatic carbocycles. The molecule has 108 valence electrons. The Morgan fingerprint density at radius 3 is 2.30 bits per heavy atom. The number of hydrogen-bond acceptors (Lipinski definition) is 2. The fourth-order valence-corrected chi connectivity index (χ4v) is 2.48. The summed E-state index contributed by atoms with van der Waals surface area (Å²) in [6.45, 7) is 5.75. The highest BCUT2D eigenvalue weighted by atomic mass is 35.5. The maximum atomic E-state index is 12.5. The summed E-state index contributed by atoms with van der Waals surface area (Å²) in [5, 5.41) is 4.61. The van der Waals surface area contributed by atoms with Gasteiger partial charge in [-0.1, -0.05) is 25.4 Å². The number of rotatable bonds is 2. The van der Waals surface area contributed by atoms with E-state index in [1.807, 2.05) is 20.8 Å². The van der Waals surface area contributed by atoms with E-state index in [4.69, 9.17) is 11.6 Å². The largest absolute Gasteiger partial charge is 0.417 e. The molecule has 0 saturated heterocycles. The van der Waals surface area contributed by atoms with Crippen LogP contribution in [0.4, 0.5) is 13.2 Å². The zero-order valence-corrected chi connectivity index (χ0v) is 11.9. The Morgan fingerprint density at radius 1 is 1.25 bits per heavy atom. The third kappa shape index (κ3) is 2.65. The topological polar surface area (TPSA) is 30.7 Å². The van der Waals surface area contributed by atoms with Crippen LogP contribution in [-0.2, 0) is 6.18 Å². The molecule has 2 aromatic heterocycles. The number of hydrogen-bond donors (Lipinski definition) is 0. The Morgan fingerprint density at radius 2 is 1.90 bits per heavy atom. The van der Waals surface area contributed by atoms with Gasteiger partial charge in [0.25, 0.3) is 0 Å². The molecule has 0 radical (unpaired) electrons. The van der Waals surface area contributed by atoms with Gasteiger partial charge in [0.15, 0.2) is 5.82 Å². The number of halogens is 4. The zero-order valence-electron chi connectivity index (χ0n) is 11.2. The highest BCUT2D eigenvalue weighted by Gasteiger charge is 2.31. The van der Waals surface area contributed by atoms with E-state index in [0.29, 0.717) is 5.15 Å². The van der Waals surface area contributed by atoms with Gasteiger partial charge in [-0.3, -0.25) is 0 Å². The third-order valence-electron chi connectivity index (χ3n) is 2.92. The number of aromatic nitrogens is 3. The van der Waals surface area contributed by atoms with Crippen LogP contribution in [0.15, 0.2) is 18.3 Å².